The zero-order chi connectivity index (χ0) is 8.27. The molecule has 1 radical (unpaired) electrons. The van der Waals surface area contributed by atoms with Gasteiger partial charge in [-0.15, -0.1) is 0 Å². The largest absolute Gasteiger partial charge is 0.298 e. The maximum Gasteiger partial charge on any atom is 0.0652 e. The second-order valence-electron chi connectivity index (χ2n) is 2.85. The molecule has 1 rings (SSSR count). The van der Waals surface area contributed by atoms with Crippen molar-refractivity contribution in [3.8, 4) is 0 Å². The fraction of sp³-hybridized carbons (Fsp3) is 0.300. The highest BCUT2D eigenvalue weighted by atomic mass is 15.1. The Morgan fingerprint density at radius 2 is 1.64 bits per heavy atom. The van der Waals surface area contributed by atoms with Crippen molar-refractivity contribution in [2.45, 2.75) is 6.92 Å². The number of rotatable bonds is 2. The minimum Gasteiger partial charge on any atom is -0.298 e. The van der Waals surface area contributed by atoms with Gasteiger partial charge < -0.3 is 0 Å². The molecule has 0 unspecified atom stereocenters. The summed E-state index contributed by atoms with van der Waals surface area (Å²) in [6.45, 7) is 2.12. The number of hydrogen-bond donors (Lipinski definition) is 0. The third-order valence-corrected chi connectivity index (χ3v) is 1.86. The summed E-state index contributed by atoms with van der Waals surface area (Å²) in [5.74, 6) is 0. The van der Waals surface area contributed by atoms with Crippen molar-refractivity contribution >= 4 is 0 Å². The van der Waals surface area contributed by atoms with E-state index in [2.05, 4.69) is 50.2 Å². The van der Waals surface area contributed by atoms with Crippen molar-refractivity contribution in [1.82, 2.24) is 4.90 Å². The predicted octanol–water partition coefficient (Wildman–Crippen LogP) is 2.15. The van der Waals surface area contributed by atoms with Crippen LogP contribution in [0.25, 0.3) is 0 Å². The molecule has 1 aromatic carbocycles. The van der Waals surface area contributed by atoms with E-state index in [4.69, 9.17) is 0 Å². The van der Waals surface area contributed by atoms with Crippen LogP contribution in [-0.4, -0.2) is 19.0 Å². The molecule has 0 fully saturated rings. The van der Waals surface area contributed by atoms with Gasteiger partial charge in [0.1, 0.15) is 0 Å². The van der Waals surface area contributed by atoms with Gasteiger partial charge in [-0.1, -0.05) is 30.3 Å². The molecule has 0 bridgehead atoms. The van der Waals surface area contributed by atoms with Crippen LogP contribution in [0.3, 0.4) is 0 Å². The van der Waals surface area contributed by atoms with Crippen LogP contribution in [0, 0.1) is 6.04 Å². The molecule has 1 heteroatoms. The molecule has 0 heterocycles. The molecule has 0 aliphatic carbocycles. The van der Waals surface area contributed by atoms with Crippen molar-refractivity contribution in [3.63, 3.8) is 0 Å². The first kappa shape index (κ1) is 8.28. The maximum absolute atomic E-state index is 2.12. The van der Waals surface area contributed by atoms with Crippen LogP contribution in [0.5, 0.6) is 0 Å². The van der Waals surface area contributed by atoms with Crippen molar-refractivity contribution in [3.05, 3.63) is 41.9 Å². The molecule has 0 spiro atoms. The third kappa shape index (κ3) is 2.05. The van der Waals surface area contributed by atoms with Crippen LogP contribution >= 0.6 is 0 Å². The Bertz CT molecular complexity index is 203. The van der Waals surface area contributed by atoms with E-state index < -0.39 is 0 Å². The second-order valence-corrected chi connectivity index (χ2v) is 2.85. The Balaban J connectivity index is 2.77. The Hall–Kier alpha value is -0.820. The molecule has 0 aromatic heterocycles. The van der Waals surface area contributed by atoms with Crippen LogP contribution in [-0.2, 0) is 0 Å². The van der Waals surface area contributed by atoms with Gasteiger partial charge in [0.05, 0.1) is 6.04 Å². The number of benzene rings is 1. The van der Waals surface area contributed by atoms with Gasteiger partial charge in [0.25, 0.3) is 0 Å². The zero-order valence-electron chi connectivity index (χ0n) is 7.33. The standard InChI is InChI=1S/C10H14N/c1-9(11(2)3)10-7-5-4-6-8-10/h4-8H,1-3H3. The molecule has 0 atom stereocenters. The van der Waals surface area contributed by atoms with Gasteiger partial charge in [-0.3, -0.25) is 4.90 Å². The third-order valence-electron chi connectivity index (χ3n) is 1.86. The predicted molar refractivity (Wildman–Crippen MR) is 48.1 cm³/mol. The Morgan fingerprint density at radius 1 is 1.09 bits per heavy atom. The molecule has 0 saturated heterocycles. The summed E-state index contributed by atoms with van der Waals surface area (Å²) in [5.41, 5.74) is 1.29. The molecule has 1 aromatic rings. The van der Waals surface area contributed by atoms with E-state index in [1.54, 1.807) is 0 Å². The summed E-state index contributed by atoms with van der Waals surface area (Å²) < 4.78 is 0. The number of hydrogen-bond acceptors (Lipinski definition) is 1. The summed E-state index contributed by atoms with van der Waals surface area (Å²) in [7, 11) is 4.12. The SMILES string of the molecule is C[C](c1ccccc1)N(C)C. The first-order valence-electron chi connectivity index (χ1n) is 3.78. The van der Waals surface area contributed by atoms with Crippen molar-refractivity contribution < 1.29 is 0 Å². The Morgan fingerprint density at radius 3 is 2.09 bits per heavy atom. The molecular weight excluding hydrogens is 134 g/mol. The first-order chi connectivity index (χ1) is 5.22. The molecular formula is C10H14N. The normalized spacial score (nSPS) is 11.0. The molecule has 0 N–H and O–H groups in total. The zero-order valence-corrected chi connectivity index (χ0v) is 7.33. The van der Waals surface area contributed by atoms with E-state index in [0.717, 1.165) is 0 Å². The van der Waals surface area contributed by atoms with Gasteiger partial charge >= 0.3 is 0 Å². The molecule has 0 amide bonds. The van der Waals surface area contributed by atoms with Crippen molar-refractivity contribution in [2.75, 3.05) is 14.1 Å². The summed E-state index contributed by atoms with van der Waals surface area (Å²) in [5, 5.41) is 0. The fourth-order valence-electron chi connectivity index (χ4n) is 0.938. The smallest absolute Gasteiger partial charge is 0.0652 e. The summed E-state index contributed by atoms with van der Waals surface area (Å²) >= 11 is 0. The topological polar surface area (TPSA) is 3.24 Å². The van der Waals surface area contributed by atoms with Crippen LogP contribution in [0.15, 0.2) is 30.3 Å². The summed E-state index contributed by atoms with van der Waals surface area (Å²) in [4.78, 5) is 2.12. The maximum atomic E-state index is 2.12. The van der Waals surface area contributed by atoms with Crippen LogP contribution < -0.4 is 0 Å². The average molecular weight is 148 g/mol. The van der Waals surface area contributed by atoms with E-state index >= 15 is 0 Å². The number of nitrogens with zero attached hydrogens (tertiary/aromatic N) is 1. The quantitative estimate of drug-likeness (QED) is 0.621. The summed E-state index contributed by atoms with van der Waals surface area (Å²) in [6.07, 6.45) is 0. The van der Waals surface area contributed by atoms with Gasteiger partial charge in [-0.25, -0.2) is 0 Å². The van der Waals surface area contributed by atoms with E-state index in [1.165, 1.54) is 11.6 Å². The fourth-order valence-corrected chi connectivity index (χ4v) is 0.938. The first-order valence-corrected chi connectivity index (χ1v) is 3.78. The van der Waals surface area contributed by atoms with Gasteiger partial charge in [0, 0.05) is 0 Å². The molecule has 0 aliphatic heterocycles. The van der Waals surface area contributed by atoms with Gasteiger partial charge in [0.2, 0.25) is 0 Å². The molecule has 0 saturated carbocycles. The highest BCUT2D eigenvalue weighted by molar-refractivity contribution is 5.27. The molecule has 0 aliphatic rings. The van der Waals surface area contributed by atoms with Gasteiger partial charge in [-0.05, 0) is 26.6 Å². The second kappa shape index (κ2) is 3.54. The average Bonchev–Trinajstić information content (AvgIpc) is 2.05. The van der Waals surface area contributed by atoms with Gasteiger partial charge in [0.15, 0.2) is 0 Å². The van der Waals surface area contributed by atoms with Gasteiger partial charge in [-0.2, -0.15) is 0 Å². The van der Waals surface area contributed by atoms with E-state index in [-0.39, 0.29) is 0 Å². The highest BCUT2D eigenvalue weighted by Gasteiger charge is 2.06. The van der Waals surface area contributed by atoms with Crippen LogP contribution in [0.2, 0.25) is 0 Å². The van der Waals surface area contributed by atoms with E-state index in [0.29, 0.717) is 0 Å². The minimum absolute atomic E-state index is 1.29. The summed E-state index contributed by atoms with van der Waals surface area (Å²) in [6, 6.07) is 11.7. The van der Waals surface area contributed by atoms with Crippen LogP contribution in [0.1, 0.15) is 12.5 Å². The minimum atomic E-state index is 1.29. The Kier molecular flexibility index (Phi) is 2.66. The molecule has 11 heavy (non-hydrogen) atoms. The van der Waals surface area contributed by atoms with Crippen molar-refractivity contribution in [1.29, 1.82) is 0 Å². The Labute approximate surface area is 68.7 Å². The molecule has 59 valence electrons. The van der Waals surface area contributed by atoms with E-state index in [1.807, 2.05) is 6.07 Å². The van der Waals surface area contributed by atoms with E-state index in [9.17, 15) is 0 Å². The lowest BCUT2D eigenvalue weighted by Crippen LogP contribution is -2.17. The molecule has 1 nitrogen and oxygen atoms in total. The lowest BCUT2D eigenvalue weighted by molar-refractivity contribution is 0.450. The highest BCUT2D eigenvalue weighted by Crippen LogP contribution is 2.14. The lowest BCUT2D eigenvalue weighted by atomic mass is 10.1. The monoisotopic (exact) mass is 148 g/mol. The lowest BCUT2D eigenvalue weighted by Gasteiger charge is -2.18. The van der Waals surface area contributed by atoms with Crippen molar-refractivity contribution in [2.24, 2.45) is 0 Å². The van der Waals surface area contributed by atoms with Crippen LogP contribution in [0.4, 0.5) is 0 Å².